The smallest absolute Gasteiger partial charge is 0.139 e. The van der Waals surface area contributed by atoms with E-state index in [0.29, 0.717) is 0 Å². The van der Waals surface area contributed by atoms with Crippen LogP contribution in [0.2, 0.25) is 0 Å². The molecule has 1 radical (unpaired) electrons. The highest BCUT2D eigenvalue weighted by Gasteiger charge is 2.14. The number of benzene rings is 1. The molecule has 85 valence electrons. The summed E-state index contributed by atoms with van der Waals surface area (Å²) < 4.78 is 0. The van der Waals surface area contributed by atoms with Gasteiger partial charge in [-0.3, -0.25) is 0 Å². The van der Waals surface area contributed by atoms with Crippen molar-refractivity contribution in [3.8, 4) is 0 Å². The van der Waals surface area contributed by atoms with Crippen LogP contribution in [-0.2, 0) is 4.84 Å². The minimum Gasteiger partial charge on any atom is -0.399 e. The zero-order chi connectivity index (χ0) is 11.2. The van der Waals surface area contributed by atoms with Crippen molar-refractivity contribution in [3.05, 3.63) is 35.4 Å². The van der Waals surface area contributed by atoms with Crippen molar-refractivity contribution < 1.29 is 4.84 Å². The Bertz CT molecular complexity index is 336. The summed E-state index contributed by atoms with van der Waals surface area (Å²) in [6.45, 7) is 0. The molecule has 2 rings (SSSR count). The molecular weight excluding hydrogens is 198 g/mol. The minimum absolute atomic E-state index is 0.766. The van der Waals surface area contributed by atoms with Crippen LogP contribution in [0.5, 0.6) is 0 Å². The monoisotopic (exact) mass is 216 g/mol. The van der Waals surface area contributed by atoms with Crippen LogP contribution in [0.25, 0.3) is 0 Å². The number of hydrogen-bond acceptors (Lipinski definition) is 2. The predicted octanol–water partition coefficient (Wildman–Crippen LogP) is 3.59. The summed E-state index contributed by atoms with van der Waals surface area (Å²) in [4.78, 5) is 4.61. The molecule has 1 aromatic rings. The summed E-state index contributed by atoms with van der Waals surface area (Å²) >= 11 is 0. The Morgan fingerprint density at radius 3 is 2.44 bits per heavy atom. The molecule has 1 saturated carbocycles. The fourth-order valence-electron chi connectivity index (χ4n) is 2.36. The van der Waals surface area contributed by atoms with Gasteiger partial charge in [-0.25, -0.2) is 0 Å². The predicted molar refractivity (Wildman–Crippen MR) is 65.8 cm³/mol. The van der Waals surface area contributed by atoms with Crippen LogP contribution < -0.4 is 0 Å². The van der Waals surface area contributed by atoms with Gasteiger partial charge in [0.05, 0.1) is 0 Å². The fraction of sp³-hybridized carbons (Fsp3) is 0.500. The third-order valence-corrected chi connectivity index (χ3v) is 3.25. The normalized spacial score (nSPS) is 17.8. The molecule has 0 atom stereocenters. The van der Waals surface area contributed by atoms with Crippen molar-refractivity contribution in [1.29, 1.82) is 0 Å². The Kier molecular flexibility index (Phi) is 3.97. The summed E-state index contributed by atoms with van der Waals surface area (Å²) in [5.74, 6) is 0.766. The van der Waals surface area contributed by atoms with Gasteiger partial charge in [0.2, 0.25) is 0 Å². The maximum absolute atomic E-state index is 4.61. The topological polar surface area (TPSA) is 21.6 Å². The highest BCUT2D eigenvalue weighted by Crippen LogP contribution is 2.32. The minimum atomic E-state index is 0.766. The second kappa shape index (κ2) is 5.69. The lowest BCUT2D eigenvalue weighted by atomic mass is 9.84. The van der Waals surface area contributed by atoms with Crippen molar-refractivity contribution in [2.45, 2.75) is 38.0 Å². The molecule has 0 aliphatic heterocycles. The molecule has 0 bridgehead atoms. The second-order valence-corrected chi connectivity index (χ2v) is 4.34. The Hall–Kier alpha value is -1.31. The first-order valence-electron chi connectivity index (χ1n) is 5.99. The van der Waals surface area contributed by atoms with E-state index in [-0.39, 0.29) is 0 Å². The summed E-state index contributed by atoms with van der Waals surface area (Å²) in [5.41, 5.74) is 2.43. The standard InChI is InChI=1S/C14H18NO/c1-16-15-11-12-7-9-14(10-8-12)13-5-3-2-4-6-13/h7-10,13H,2-6H2,1H3. The van der Waals surface area contributed by atoms with Crippen LogP contribution in [0.1, 0.15) is 49.1 Å². The van der Waals surface area contributed by atoms with Gasteiger partial charge in [0.1, 0.15) is 13.3 Å². The molecule has 2 nitrogen and oxygen atoms in total. The zero-order valence-electron chi connectivity index (χ0n) is 9.78. The lowest BCUT2D eigenvalue weighted by molar-refractivity contribution is 0.215. The largest absolute Gasteiger partial charge is 0.399 e. The molecule has 1 aliphatic carbocycles. The average molecular weight is 216 g/mol. The average Bonchev–Trinajstić information content (AvgIpc) is 2.38. The van der Waals surface area contributed by atoms with Gasteiger partial charge in [0.25, 0.3) is 0 Å². The molecular formula is C14H18NO. The molecule has 0 heterocycles. The summed E-state index contributed by atoms with van der Waals surface area (Å²) in [6, 6.07) is 8.52. The molecule has 0 spiro atoms. The van der Waals surface area contributed by atoms with Crippen LogP contribution in [-0.4, -0.2) is 13.3 Å². The zero-order valence-corrected chi connectivity index (χ0v) is 9.78. The summed E-state index contributed by atoms with van der Waals surface area (Å²) in [6.07, 6.45) is 9.68. The molecule has 0 saturated heterocycles. The molecule has 0 N–H and O–H groups in total. The first-order valence-corrected chi connectivity index (χ1v) is 5.99. The highest BCUT2D eigenvalue weighted by atomic mass is 16.6. The lowest BCUT2D eigenvalue weighted by Gasteiger charge is -2.21. The maximum atomic E-state index is 4.61. The molecule has 0 aromatic heterocycles. The van der Waals surface area contributed by atoms with Gasteiger partial charge >= 0.3 is 0 Å². The molecule has 2 heteroatoms. The first kappa shape index (κ1) is 11.2. The van der Waals surface area contributed by atoms with Crippen LogP contribution in [0.15, 0.2) is 29.4 Å². The maximum Gasteiger partial charge on any atom is 0.139 e. The quantitative estimate of drug-likeness (QED) is 0.559. The SMILES string of the molecule is CON=[C]c1ccc(C2CCCCC2)cc1. The van der Waals surface area contributed by atoms with E-state index in [2.05, 4.69) is 40.5 Å². The third kappa shape index (κ3) is 2.84. The van der Waals surface area contributed by atoms with E-state index in [4.69, 9.17) is 0 Å². The Labute approximate surface area is 97.3 Å². The van der Waals surface area contributed by atoms with Gasteiger partial charge in [-0.05, 0) is 24.3 Å². The van der Waals surface area contributed by atoms with Crippen LogP contribution in [0.3, 0.4) is 0 Å². The van der Waals surface area contributed by atoms with E-state index < -0.39 is 0 Å². The van der Waals surface area contributed by atoms with Crippen molar-refractivity contribution in [2.75, 3.05) is 7.11 Å². The molecule has 1 aliphatic rings. The molecule has 0 amide bonds. The van der Waals surface area contributed by atoms with E-state index in [1.54, 1.807) is 0 Å². The summed E-state index contributed by atoms with van der Waals surface area (Å²) in [5, 5.41) is 3.63. The highest BCUT2D eigenvalue weighted by molar-refractivity contribution is 5.79. The van der Waals surface area contributed by atoms with Gasteiger partial charge in [-0.1, -0.05) is 48.7 Å². The lowest BCUT2D eigenvalue weighted by Crippen LogP contribution is -2.04. The molecule has 16 heavy (non-hydrogen) atoms. The molecule has 0 unspecified atom stereocenters. The first-order chi connectivity index (χ1) is 7.90. The molecule has 1 aromatic carbocycles. The summed E-state index contributed by atoms with van der Waals surface area (Å²) in [7, 11) is 1.53. The number of hydrogen-bond donors (Lipinski definition) is 0. The number of nitrogens with zero attached hydrogens (tertiary/aromatic N) is 1. The van der Waals surface area contributed by atoms with Crippen molar-refractivity contribution in [3.63, 3.8) is 0 Å². The Balaban J connectivity index is 2.03. The van der Waals surface area contributed by atoms with Crippen LogP contribution in [0, 0.1) is 0 Å². The second-order valence-electron chi connectivity index (χ2n) is 4.34. The van der Waals surface area contributed by atoms with Gasteiger partial charge < -0.3 is 4.84 Å². The van der Waals surface area contributed by atoms with Crippen molar-refractivity contribution in [1.82, 2.24) is 0 Å². The van der Waals surface area contributed by atoms with Crippen LogP contribution >= 0.6 is 0 Å². The Morgan fingerprint density at radius 1 is 1.12 bits per heavy atom. The van der Waals surface area contributed by atoms with Crippen molar-refractivity contribution in [2.24, 2.45) is 5.16 Å². The molecule has 1 fully saturated rings. The van der Waals surface area contributed by atoms with E-state index in [9.17, 15) is 0 Å². The van der Waals surface area contributed by atoms with Gasteiger partial charge in [0, 0.05) is 5.56 Å². The Morgan fingerprint density at radius 2 is 1.81 bits per heavy atom. The van der Waals surface area contributed by atoms with E-state index in [1.165, 1.54) is 44.8 Å². The fourth-order valence-corrected chi connectivity index (χ4v) is 2.36. The van der Waals surface area contributed by atoms with Gasteiger partial charge in [-0.2, -0.15) is 0 Å². The van der Waals surface area contributed by atoms with Crippen LogP contribution in [0.4, 0.5) is 0 Å². The van der Waals surface area contributed by atoms with Gasteiger partial charge in [-0.15, -0.1) is 0 Å². The van der Waals surface area contributed by atoms with Gasteiger partial charge in [0.15, 0.2) is 0 Å². The van der Waals surface area contributed by atoms with E-state index in [1.807, 2.05) is 0 Å². The van der Waals surface area contributed by atoms with E-state index in [0.717, 1.165) is 11.5 Å². The third-order valence-electron chi connectivity index (χ3n) is 3.25. The van der Waals surface area contributed by atoms with Crippen molar-refractivity contribution >= 4 is 6.21 Å². The van der Waals surface area contributed by atoms with E-state index >= 15 is 0 Å². The number of rotatable bonds is 3.